The van der Waals surface area contributed by atoms with Gasteiger partial charge in [-0.1, -0.05) is 35.6 Å². The molecule has 2 amide bonds. The van der Waals surface area contributed by atoms with Gasteiger partial charge >= 0.3 is 5.97 Å². The van der Waals surface area contributed by atoms with Crippen LogP contribution in [0.5, 0.6) is 0 Å². The molecule has 0 atom stereocenters. The fourth-order valence-electron chi connectivity index (χ4n) is 2.75. The summed E-state index contributed by atoms with van der Waals surface area (Å²) in [5.41, 5.74) is 1.60. The molecule has 0 unspecified atom stereocenters. The molecule has 1 fully saturated rings. The van der Waals surface area contributed by atoms with Crippen molar-refractivity contribution in [3.63, 3.8) is 0 Å². The summed E-state index contributed by atoms with van der Waals surface area (Å²) in [5.74, 6) is -1.41. The number of amides is 2. The largest absolute Gasteiger partial charge is 0.452 e. The van der Waals surface area contributed by atoms with Crippen LogP contribution in [0.1, 0.15) is 11.3 Å². The third-order valence-electron chi connectivity index (χ3n) is 4.35. The number of ether oxygens (including phenoxy) is 1. The van der Waals surface area contributed by atoms with Crippen LogP contribution < -0.4 is 5.32 Å². The maximum absolute atomic E-state index is 13.1. The lowest BCUT2D eigenvalue weighted by Gasteiger charge is -2.14. The Labute approximate surface area is 197 Å². The van der Waals surface area contributed by atoms with Crippen molar-refractivity contribution >= 4 is 63.8 Å². The fourth-order valence-corrected chi connectivity index (χ4v) is 4.20. The number of rotatable bonds is 8. The average molecular weight is 497 g/mol. The Morgan fingerprint density at radius 2 is 2.09 bits per heavy atom. The van der Waals surface area contributed by atoms with Crippen LogP contribution in [-0.4, -0.2) is 62.2 Å². The zero-order valence-electron chi connectivity index (χ0n) is 16.8. The maximum Gasteiger partial charge on any atom is 0.331 e. The van der Waals surface area contributed by atoms with E-state index < -0.39 is 18.5 Å². The minimum atomic E-state index is -0.738. The highest BCUT2D eigenvalue weighted by Gasteiger charge is 2.26. The Balaban J connectivity index is 1.49. The van der Waals surface area contributed by atoms with E-state index in [1.807, 2.05) is 0 Å². The number of esters is 1. The molecule has 12 heteroatoms. The second-order valence-electron chi connectivity index (χ2n) is 6.57. The van der Waals surface area contributed by atoms with Gasteiger partial charge in [0.1, 0.15) is 15.3 Å². The van der Waals surface area contributed by atoms with Gasteiger partial charge < -0.3 is 10.1 Å². The SMILES string of the molecule is Cc1nn(-c2ccc(F)cc2)c(Cl)c1C=CC(=O)OCC(=O)NCCN1C(=O)CSC1=S. The van der Waals surface area contributed by atoms with Crippen molar-refractivity contribution in [2.75, 3.05) is 25.4 Å². The molecular weight excluding hydrogens is 479 g/mol. The van der Waals surface area contributed by atoms with Gasteiger partial charge in [0, 0.05) is 24.7 Å². The second-order valence-corrected chi connectivity index (χ2v) is 8.54. The van der Waals surface area contributed by atoms with Crippen molar-refractivity contribution in [3.05, 3.63) is 52.6 Å². The Bertz CT molecular complexity index is 1070. The van der Waals surface area contributed by atoms with Gasteiger partial charge in [0.2, 0.25) is 5.91 Å². The van der Waals surface area contributed by atoms with Crippen LogP contribution in [0.2, 0.25) is 5.15 Å². The summed E-state index contributed by atoms with van der Waals surface area (Å²) in [6, 6.07) is 5.63. The number of thioether (sulfide) groups is 1. The molecular formula is C20H18ClFN4O4S2. The Morgan fingerprint density at radius 1 is 1.38 bits per heavy atom. The van der Waals surface area contributed by atoms with Gasteiger partial charge in [-0.05, 0) is 37.3 Å². The third-order valence-corrected chi connectivity index (χ3v) is 6.15. The molecule has 1 N–H and O–H groups in total. The zero-order chi connectivity index (χ0) is 23.3. The summed E-state index contributed by atoms with van der Waals surface area (Å²) in [7, 11) is 0. The number of aryl methyl sites for hydroxylation is 1. The van der Waals surface area contributed by atoms with E-state index in [9.17, 15) is 18.8 Å². The van der Waals surface area contributed by atoms with Gasteiger partial charge in [-0.15, -0.1) is 0 Å². The van der Waals surface area contributed by atoms with Gasteiger partial charge in [0.25, 0.3) is 5.91 Å². The van der Waals surface area contributed by atoms with Gasteiger partial charge in [-0.2, -0.15) is 5.10 Å². The van der Waals surface area contributed by atoms with Crippen LogP contribution in [-0.2, 0) is 19.1 Å². The van der Waals surface area contributed by atoms with Gasteiger partial charge in [-0.3, -0.25) is 14.5 Å². The van der Waals surface area contributed by atoms with E-state index in [1.54, 1.807) is 6.92 Å². The summed E-state index contributed by atoms with van der Waals surface area (Å²) in [5, 5.41) is 7.09. The monoisotopic (exact) mass is 496 g/mol. The molecule has 1 saturated heterocycles. The number of carbonyl (C=O) groups is 3. The standard InChI is InChI=1S/C20H18ClFN4O4S2/c1-12-15(19(21)26(24-12)14-4-2-13(22)3-5-14)6-7-18(29)30-10-16(27)23-8-9-25-17(28)11-32-20(25)31/h2-7H,8-11H2,1H3,(H,23,27). The first-order valence-electron chi connectivity index (χ1n) is 9.36. The van der Waals surface area contributed by atoms with E-state index >= 15 is 0 Å². The van der Waals surface area contributed by atoms with E-state index in [4.69, 9.17) is 28.6 Å². The highest BCUT2D eigenvalue weighted by molar-refractivity contribution is 8.23. The molecule has 168 valence electrons. The molecule has 32 heavy (non-hydrogen) atoms. The first-order valence-corrected chi connectivity index (χ1v) is 11.1. The number of hydrogen-bond donors (Lipinski definition) is 1. The minimum absolute atomic E-state index is 0.0949. The van der Waals surface area contributed by atoms with Crippen molar-refractivity contribution in [2.45, 2.75) is 6.92 Å². The molecule has 1 aromatic carbocycles. The molecule has 0 radical (unpaired) electrons. The topological polar surface area (TPSA) is 93.5 Å². The number of benzene rings is 1. The van der Waals surface area contributed by atoms with Crippen molar-refractivity contribution in [2.24, 2.45) is 0 Å². The molecule has 0 aliphatic carbocycles. The quantitative estimate of drug-likeness (QED) is 0.341. The third kappa shape index (κ3) is 5.93. The number of thiocarbonyl (C=S) groups is 1. The van der Waals surface area contributed by atoms with E-state index in [0.717, 1.165) is 6.08 Å². The van der Waals surface area contributed by atoms with Crippen LogP contribution in [0.25, 0.3) is 11.8 Å². The van der Waals surface area contributed by atoms with Crippen LogP contribution >= 0.6 is 35.6 Å². The number of hydrogen-bond acceptors (Lipinski definition) is 7. The zero-order valence-corrected chi connectivity index (χ0v) is 19.2. The summed E-state index contributed by atoms with van der Waals surface area (Å²) >= 11 is 12.7. The van der Waals surface area contributed by atoms with Crippen molar-refractivity contribution in [1.29, 1.82) is 0 Å². The molecule has 0 bridgehead atoms. The molecule has 2 heterocycles. The number of aromatic nitrogens is 2. The summed E-state index contributed by atoms with van der Waals surface area (Å²) in [6.45, 7) is 1.69. The number of carbonyl (C=O) groups excluding carboxylic acids is 3. The first kappa shape index (κ1) is 23.9. The van der Waals surface area contributed by atoms with Crippen molar-refractivity contribution < 1.29 is 23.5 Å². The van der Waals surface area contributed by atoms with E-state index in [2.05, 4.69) is 10.4 Å². The normalized spacial score (nSPS) is 13.8. The average Bonchev–Trinajstić information content (AvgIpc) is 3.23. The number of nitrogens with zero attached hydrogens (tertiary/aromatic N) is 3. The smallest absolute Gasteiger partial charge is 0.331 e. The summed E-state index contributed by atoms with van der Waals surface area (Å²) in [6.07, 6.45) is 2.57. The van der Waals surface area contributed by atoms with E-state index in [-0.39, 0.29) is 30.0 Å². The first-order chi connectivity index (χ1) is 15.3. The Kier molecular flexibility index (Phi) is 7.99. The summed E-state index contributed by atoms with van der Waals surface area (Å²) < 4.78 is 19.9. The number of nitrogens with one attached hydrogen (secondary N) is 1. The molecule has 8 nitrogen and oxygen atoms in total. The molecule has 3 rings (SSSR count). The predicted octanol–water partition coefficient (Wildman–Crippen LogP) is 2.51. The second kappa shape index (κ2) is 10.7. The van der Waals surface area contributed by atoms with Crippen LogP contribution in [0, 0.1) is 12.7 Å². The lowest BCUT2D eigenvalue weighted by atomic mass is 10.2. The van der Waals surface area contributed by atoms with Gasteiger partial charge in [-0.25, -0.2) is 13.9 Å². The Morgan fingerprint density at radius 3 is 2.75 bits per heavy atom. The molecule has 0 spiro atoms. The van der Waals surface area contributed by atoms with Crippen molar-refractivity contribution in [3.8, 4) is 5.69 Å². The van der Waals surface area contributed by atoms with Gasteiger partial charge in [0.15, 0.2) is 6.61 Å². The lowest BCUT2D eigenvalue weighted by Crippen LogP contribution is -2.38. The molecule has 1 aliphatic heterocycles. The molecule has 1 aromatic heterocycles. The highest BCUT2D eigenvalue weighted by Crippen LogP contribution is 2.25. The van der Waals surface area contributed by atoms with Crippen molar-refractivity contribution in [1.82, 2.24) is 20.0 Å². The molecule has 0 saturated carbocycles. The minimum Gasteiger partial charge on any atom is -0.452 e. The van der Waals surface area contributed by atoms with Crippen LogP contribution in [0.4, 0.5) is 4.39 Å². The summed E-state index contributed by atoms with van der Waals surface area (Å²) in [4.78, 5) is 36.8. The van der Waals surface area contributed by atoms with Crippen LogP contribution in [0.15, 0.2) is 30.3 Å². The molecule has 1 aliphatic rings. The Hall–Kier alpha value is -2.76. The molecule has 2 aromatic rings. The van der Waals surface area contributed by atoms with E-state index in [0.29, 0.717) is 27.0 Å². The van der Waals surface area contributed by atoms with E-state index in [1.165, 1.54) is 51.7 Å². The van der Waals surface area contributed by atoms with Gasteiger partial charge in [0.05, 0.1) is 17.1 Å². The lowest BCUT2D eigenvalue weighted by molar-refractivity contribution is -0.143. The van der Waals surface area contributed by atoms with Crippen LogP contribution in [0.3, 0.4) is 0 Å². The fraction of sp³-hybridized carbons (Fsp3) is 0.250. The maximum atomic E-state index is 13.1. The number of halogens is 2. The highest BCUT2D eigenvalue weighted by atomic mass is 35.5. The predicted molar refractivity (Wildman–Crippen MR) is 123 cm³/mol.